The standard InChI is InChI=1S/C22H21N5O/c1-3-16-5-7-18(12-24-16)28-21-9-6-17(10-14(21)2)27-22-19-11-15(23)4-8-20(19)25-13-26-22/h4-13H,3,23H2,1-2H3,(H,25,26,27). The molecule has 0 bridgehead atoms. The number of nitrogens with two attached hydrogens (primary N) is 1. The average molecular weight is 371 g/mol. The molecule has 0 saturated heterocycles. The van der Waals surface area contributed by atoms with Crippen molar-refractivity contribution >= 4 is 28.1 Å². The van der Waals surface area contributed by atoms with E-state index in [1.807, 2.05) is 55.5 Å². The minimum Gasteiger partial charge on any atom is -0.455 e. The van der Waals surface area contributed by atoms with Crippen molar-refractivity contribution in [2.45, 2.75) is 20.3 Å². The Kier molecular flexibility index (Phi) is 4.76. The number of hydrogen-bond donors (Lipinski definition) is 2. The quantitative estimate of drug-likeness (QED) is 0.479. The largest absolute Gasteiger partial charge is 0.455 e. The van der Waals surface area contributed by atoms with Crippen LogP contribution in [0.4, 0.5) is 17.2 Å². The molecule has 0 saturated carbocycles. The van der Waals surface area contributed by atoms with E-state index in [1.54, 1.807) is 6.20 Å². The van der Waals surface area contributed by atoms with Gasteiger partial charge in [-0.15, -0.1) is 0 Å². The van der Waals surface area contributed by atoms with E-state index in [9.17, 15) is 0 Å². The van der Waals surface area contributed by atoms with E-state index in [2.05, 4.69) is 27.2 Å². The molecule has 4 rings (SSSR count). The number of benzene rings is 2. The Morgan fingerprint density at radius 1 is 1.00 bits per heavy atom. The van der Waals surface area contributed by atoms with Gasteiger partial charge in [0.2, 0.25) is 0 Å². The van der Waals surface area contributed by atoms with Crippen LogP contribution >= 0.6 is 0 Å². The summed E-state index contributed by atoms with van der Waals surface area (Å²) < 4.78 is 5.97. The van der Waals surface area contributed by atoms with Crippen molar-refractivity contribution in [3.05, 3.63) is 72.3 Å². The van der Waals surface area contributed by atoms with E-state index in [1.165, 1.54) is 6.33 Å². The molecule has 3 N–H and O–H groups in total. The minimum absolute atomic E-state index is 0.674. The topological polar surface area (TPSA) is 86.0 Å². The van der Waals surface area contributed by atoms with Gasteiger partial charge in [-0.05, 0) is 67.4 Å². The summed E-state index contributed by atoms with van der Waals surface area (Å²) >= 11 is 0. The Bertz CT molecular complexity index is 1130. The smallest absolute Gasteiger partial charge is 0.145 e. The Labute approximate surface area is 163 Å². The van der Waals surface area contributed by atoms with Gasteiger partial charge >= 0.3 is 0 Å². The van der Waals surface area contributed by atoms with E-state index < -0.39 is 0 Å². The number of pyridine rings is 1. The van der Waals surface area contributed by atoms with Crippen molar-refractivity contribution in [1.29, 1.82) is 0 Å². The molecular formula is C22H21N5O. The summed E-state index contributed by atoms with van der Waals surface area (Å²) in [5, 5.41) is 4.22. The van der Waals surface area contributed by atoms with Crippen LogP contribution in [0, 0.1) is 6.92 Å². The summed E-state index contributed by atoms with van der Waals surface area (Å²) in [6.45, 7) is 4.08. The highest BCUT2D eigenvalue weighted by molar-refractivity contribution is 5.92. The van der Waals surface area contributed by atoms with Gasteiger partial charge in [0, 0.05) is 22.5 Å². The fourth-order valence-corrected chi connectivity index (χ4v) is 2.96. The average Bonchev–Trinajstić information content (AvgIpc) is 2.71. The zero-order valence-corrected chi connectivity index (χ0v) is 15.8. The lowest BCUT2D eigenvalue weighted by molar-refractivity contribution is 0.476. The van der Waals surface area contributed by atoms with Crippen LogP contribution in [-0.2, 0) is 6.42 Å². The number of nitrogen functional groups attached to an aromatic ring is 1. The van der Waals surface area contributed by atoms with Crippen molar-refractivity contribution in [2.75, 3.05) is 11.1 Å². The van der Waals surface area contributed by atoms with Gasteiger partial charge in [0.15, 0.2) is 0 Å². The molecule has 2 aromatic heterocycles. The summed E-state index contributed by atoms with van der Waals surface area (Å²) in [6, 6.07) is 15.4. The van der Waals surface area contributed by atoms with Crippen LogP contribution in [0.3, 0.4) is 0 Å². The molecule has 0 amide bonds. The third-order valence-electron chi connectivity index (χ3n) is 4.48. The fourth-order valence-electron chi connectivity index (χ4n) is 2.96. The highest BCUT2D eigenvalue weighted by Gasteiger charge is 2.07. The summed E-state index contributed by atoms with van der Waals surface area (Å²) in [4.78, 5) is 13.0. The summed E-state index contributed by atoms with van der Waals surface area (Å²) in [7, 11) is 0. The molecule has 4 aromatic rings. The van der Waals surface area contributed by atoms with Crippen LogP contribution in [0.2, 0.25) is 0 Å². The van der Waals surface area contributed by atoms with E-state index in [4.69, 9.17) is 10.5 Å². The molecule has 2 aromatic carbocycles. The lowest BCUT2D eigenvalue weighted by Gasteiger charge is -2.12. The van der Waals surface area contributed by atoms with E-state index in [0.29, 0.717) is 11.5 Å². The molecule has 6 heteroatoms. The fraction of sp³-hybridized carbons (Fsp3) is 0.136. The zero-order chi connectivity index (χ0) is 19.5. The van der Waals surface area contributed by atoms with Crippen molar-refractivity contribution < 1.29 is 4.74 Å². The van der Waals surface area contributed by atoms with Crippen molar-refractivity contribution in [2.24, 2.45) is 0 Å². The first kappa shape index (κ1) is 17.7. The molecule has 6 nitrogen and oxygen atoms in total. The van der Waals surface area contributed by atoms with E-state index in [-0.39, 0.29) is 0 Å². The molecule has 0 fully saturated rings. The maximum absolute atomic E-state index is 5.97. The minimum atomic E-state index is 0.674. The third kappa shape index (κ3) is 3.71. The highest BCUT2D eigenvalue weighted by Crippen LogP contribution is 2.30. The second-order valence-corrected chi connectivity index (χ2v) is 6.54. The maximum Gasteiger partial charge on any atom is 0.145 e. The lowest BCUT2D eigenvalue weighted by Crippen LogP contribution is -1.98. The summed E-state index contributed by atoms with van der Waals surface area (Å²) in [5.41, 5.74) is 10.4. The molecule has 0 aliphatic heterocycles. The molecule has 2 heterocycles. The first-order valence-electron chi connectivity index (χ1n) is 9.13. The number of ether oxygens (including phenoxy) is 1. The Morgan fingerprint density at radius 3 is 2.64 bits per heavy atom. The van der Waals surface area contributed by atoms with E-state index in [0.717, 1.165) is 45.8 Å². The summed E-state index contributed by atoms with van der Waals surface area (Å²) in [6.07, 6.45) is 4.20. The Balaban J connectivity index is 1.57. The van der Waals surface area contributed by atoms with Gasteiger partial charge < -0.3 is 15.8 Å². The number of aromatic nitrogens is 3. The van der Waals surface area contributed by atoms with Crippen molar-refractivity contribution in [3.63, 3.8) is 0 Å². The monoisotopic (exact) mass is 371 g/mol. The number of fused-ring (bicyclic) bond motifs is 1. The van der Waals surface area contributed by atoms with Gasteiger partial charge in [0.1, 0.15) is 23.6 Å². The molecule has 0 unspecified atom stereocenters. The van der Waals surface area contributed by atoms with Gasteiger partial charge in [-0.3, -0.25) is 4.98 Å². The molecule has 140 valence electrons. The van der Waals surface area contributed by atoms with Gasteiger partial charge in [-0.25, -0.2) is 9.97 Å². The SMILES string of the molecule is CCc1ccc(Oc2ccc(Nc3ncnc4ccc(N)cc34)cc2C)cn1. The first-order chi connectivity index (χ1) is 13.6. The van der Waals surface area contributed by atoms with Gasteiger partial charge in [-0.1, -0.05) is 6.92 Å². The molecule has 0 aliphatic rings. The van der Waals surface area contributed by atoms with Crippen LogP contribution < -0.4 is 15.8 Å². The number of rotatable bonds is 5. The molecule has 0 aliphatic carbocycles. The molecule has 0 spiro atoms. The molecule has 0 atom stereocenters. The lowest BCUT2D eigenvalue weighted by atomic mass is 10.2. The second kappa shape index (κ2) is 7.52. The van der Waals surface area contributed by atoms with Gasteiger partial charge in [0.25, 0.3) is 0 Å². The maximum atomic E-state index is 5.97. The Hall–Kier alpha value is -3.67. The predicted octanol–water partition coefficient (Wildman–Crippen LogP) is 5.01. The van der Waals surface area contributed by atoms with Crippen LogP contribution in [0.25, 0.3) is 10.9 Å². The normalized spacial score (nSPS) is 10.8. The first-order valence-corrected chi connectivity index (χ1v) is 9.13. The van der Waals surface area contributed by atoms with Crippen LogP contribution in [-0.4, -0.2) is 15.0 Å². The number of hydrogen-bond acceptors (Lipinski definition) is 6. The number of anilines is 3. The number of nitrogens with one attached hydrogen (secondary N) is 1. The van der Waals surface area contributed by atoms with E-state index >= 15 is 0 Å². The van der Waals surface area contributed by atoms with Crippen LogP contribution in [0.15, 0.2) is 61.1 Å². The molecule has 0 radical (unpaired) electrons. The predicted molar refractivity (Wildman–Crippen MR) is 112 cm³/mol. The zero-order valence-electron chi connectivity index (χ0n) is 15.8. The van der Waals surface area contributed by atoms with Crippen molar-refractivity contribution in [1.82, 2.24) is 15.0 Å². The van der Waals surface area contributed by atoms with Gasteiger partial charge in [0.05, 0.1) is 11.7 Å². The molecular weight excluding hydrogens is 350 g/mol. The number of nitrogens with zero attached hydrogens (tertiary/aromatic N) is 3. The van der Waals surface area contributed by atoms with Crippen LogP contribution in [0.5, 0.6) is 11.5 Å². The summed E-state index contributed by atoms with van der Waals surface area (Å²) in [5.74, 6) is 2.22. The number of aryl methyl sites for hydroxylation is 2. The molecule has 28 heavy (non-hydrogen) atoms. The second-order valence-electron chi connectivity index (χ2n) is 6.54. The van der Waals surface area contributed by atoms with Crippen LogP contribution in [0.1, 0.15) is 18.2 Å². The van der Waals surface area contributed by atoms with Crippen molar-refractivity contribution in [3.8, 4) is 11.5 Å². The third-order valence-corrected chi connectivity index (χ3v) is 4.48. The Morgan fingerprint density at radius 2 is 1.89 bits per heavy atom. The highest BCUT2D eigenvalue weighted by atomic mass is 16.5. The van der Waals surface area contributed by atoms with Gasteiger partial charge in [-0.2, -0.15) is 0 Å².